The van der Waals surface area contributed by atoms with Crippen molar-refractivity contribution in [1.29, 1.82) is 0 Å². The number of aliphatic carboxylic acids is 1. The third kappa shape index (κ3) is 2.69. The number of carboxylic acid groups (broad SMARTS) is 1. The Morgan fingerprint density at radius 3 is 2.45 bits per heavy atom. The van der Waals surface area contributed by atoms with E-state index in [-0.39, 0.29) is 5.91 Å². The molecular formula is C16H21NO3. The molecule has 1 atom stereocenters. The van der Waals surface area contributed by atoms with Crippen LogP contribution in [0.25, 0.3) is 0 Å². The summed E-state index contributed by atoms with van der Waals surface area (Å²) in [7, 11) is 0. The van der Waals surface area contributed by atoms with Gasteiger partial charge < -0.3 is 10.0 Å². The third-order valence-electron chi connectivity index (χ3n) is 4.08. The van der Waals surface area contributed by atoms with E-state index < -0.39 is 17.4 Å². The van der Waals surface area contributed by atoms with E-state index in [1.165, 1.54) is 0 Å². The highest BCUT2D eigenvalue weighted by atomic mass is 16.4. The quantitative estimate of drug-likeness (QED) is 0.921. The van der Waals surface area contributed by atoms with Gasteiger partial charge in [-0.2, -0.15) is 0 Å². The van der Waals surface area contributed by atoms with Gasteiger partial charge in [-0.05, 0) is 38.7 Å². The van der Waals surface area contributed by atoms with Crippen molar-refractivity contribution in [2.75, 3.05) is 6.54 Å². The van der Waals surface area contributed by atoms with Crippen LogP contribution >= 0.6 is 0 Å². The monoisotopic (exact) mass is 275 g/mol. The second kappa shape index (κ2) is 5.65. The number of likely N-dealkylation sites (tertiary alicyclic amines) is 1. The second-order valence-electron chi connectivity index (χ2n) is 5.84. The van der Waals surface area contributed by atoms with E-state index >= 15 is 0 Å². The van der Waals surface area contributed by atoms with Crippen LogP contribution in [0.5, 0.6) is 0 Å². The summed E-state index contributed by atoms with van der Waals surface area (Å²) in [6.45, 7) is 4.25. The zero-order valence-corrected chi connectivity index (χ0v) is 12.0. The maximum atomic E-state index is 12.8. The van der Waals surface area contributed by atoms with Gasteiger partial charge in [-0.1, -0.05) is 30.3 Å². The standard InChI is InChI=1S/C16H21NO3/c1-16(2,12-8-4-3-5-9-12)15(20)17-11-7-6-10-13(17)14(18)19/h3-5,8-9,13H,6-7,10-11H2,1-2H3,(H,18,19)/t13-/m0/s1. The molecule has 1 aromatic carbocycles. The first-order valence-corrected chi connectivity index (χ1v) is 7.04. The Bertz CT molecular complexity index is 496. The lowest BCUT2D eigenvalue weighted by molar-refractivity contribution is -0.154. The van der Waals surface area contributed by atoms with Gasteiger partial charge in [-0.15, -0.1) is 0 Å². The largest absolute Gasteiger partial charge is 0.480 e. The van der Waals surface area contributed by atoms with Crippen LogP contribution in [0.3, 0.4) is 0 Å². The number of rotatable bonds is 3. The van der Waals surface area contributed by atoms with Crippen molar-refractivity contribution < 1.29 is 14.7 Å². The van der Waals surface area contributed by atoms with Gasteiger partial charge in [0.25, 0.3) is 0 Å². The molecule has 4 nitrogen and oxygen atoms in total. The Labute approximate surface area is 119 Å². The van der Waals surface area contributed by atoms with Gasteiger partial charge >= 0.3 is 5.97 Å². The molecule has 4 heteroatoms. The number of hydrogen-bond acceptors (Lipinski definition) is 2. The smallest absolute Gasteiger partial charge is 0.326 e. The summed E-state index contributed by atoms with van der Waals surface area (Å²) in [5.41, 5.74) is 0.214. The minimum Gasteiger partial charge on any atom is -0.480 e. The van der Waals surface area contributed by atoms with Crippen LogP contribution in [-0.2, 0) is 15.0 Å². The van der Waals surface area contributed by atoms with Crippen molar-refractivity contribution in [1.82, 2.24) is 4.90 Å². The second-order valence-corrected chi connectivity index (χ2v) is 5.84. The Kier molecular flexibility index (Phi) is 4.12. The summed E-state index contributed by atoms with van der Waals surface area (Å²) >= 11 is 0. The van der Waals surface area contributed by atoms with Crippen molar-refractivity contribution in [2.24, 2.45) is 0 Å². The normalized spacial score (nSPS) is 19.7. The van der Waals surface area contributed by atoms with Crippen molar-refractivity contribution in [3.05, 3.63) is 35.9 Å². The van der Waals surface area contributed by atoms with E-state index in [1.54, 1.807) is 4.90 Å². The van der Waals surface area contributed by atoms with Gasteiger partial charge in [0, 0.05) is 6.54 Å². The Morgan fingerprint density at radius 1 is 1.20 bits per heavy atom. The lowest BCUT2D eigenvalue weighted by atomic mass is 9.82. The molecule has 108 valence electrons. The number of benzene rings is 1. The molecule has 1 aliphatic rings. The molecule has 0 aromatic heterocycles. The molecule has 0 saturated carbocycles. The van der Waals surface area contributed by atoms with Crippen molar-refractivity contribution in [3.8, 4) is 0 Å². The Morgan fingerprint density at radius 2 is 1.85 bits per heavy atom. The van der Waals surface area contributed by atoms with Gasteiger partial charge in [0.15, 0.2) is 0 Å². The van der Waals surface area contributed by atoms with Crippen LogP contribution in [-0.4, -0.2) is 34.5 Å². The summed E-state index contributed by atoms with van der Waals surface area (Å²) in [5.74, 6) is -1.00. The Hall–Kier alpha value is -1.84. The average Bonchev–Trinajstić information content (AvgIpc) is 2.47. The van der Waals surface area contributed by atoms with E-state index in [1.807, 2.05) is 44.2 Å². The first-order valence-electron chi connectivity index (χ1n) is 7.04. The molecule has 1 heterocycles. The molecule has 1 amide bonds. The topological polar surface area (TPSA) is 57.6 Å². The molecule has 2 rings (SSSR count). The third-order valence-corrected chi connectivity index (χ3v) is 4.08. The highest BCUT2D eigenvalue weighted by Gasteiger charge is 2.40. The van der Waals surface area contributed by atoms with Crippen LogP contribution < -0.4 is 0 Å². The first kappa shape index (κ1) is 14.6. The first-order chi connectivity index (χ1) is 9.44. The zero-order chi connectivity index (χ0) is 14.8. The van der Waals surface area contributed by atoms with Crippen LogP contribution in [0.4, 0.5) is 0 Å². The molecular weight excluding hydrogens is 254 g/mol. The maximum Gasteiger partial charge on any atom is 0.326 e. The number of carboxylic acids is 1. The molecule has 1 N–H and O–H groups in total. The van der Waals surface area contributed by atoms with Crippen LogP contribution in [0.1, 0.15) is 38.7 Å². The number of hydrogen-bond donors (Lipinski definition) is 1. The fraction of sp³-hybridized carbons (Fsp3) is 0.500. The van der Waals surface area contributed by atoms with Gasteiger partial charge in [-0.25, -0.2) is 4.79 Å². The molecule has 0 bridgehead atoms. The fourth-order valence-corrected chi connectivity index (χ4v) is 2.77. The molecule has 0 radical (unpaired) electrons. The Balaban J connectivity index is 2.27. The lowest BCUT2D eigenvalue weighted by Gasteiger charge is -2.38. The summed E-state index contributed by atoms with van der Waals surface area (Å²) in [6.07, 6.45) is 2.29. The van der Waals surface area contributed by atoms with Gasteiger partial charge in [0.2, 0.25) is 5.91 Å². The molecule has 0 spiro atoms. The highest BCUT2D eigenvalue weighted by Crippen LogP contribution is 2.29. The number of carbonyl (C=O) groups is 2. The molecule has 1 fully saturated rings. The minimum absolute atomic E-state index is 0.101. The van der Waals surface area contributed by atoms with Crippen molar-refractivity contribution >= 4 is 11.9 Å². The van der Waals surface area contributed by atoms with Crippen LogP contribution in [0.15, 0.2) is 30.3 Å². The number of nitrogens with zero attached hydrogens (tertiary/aromatic N) is 1. The van der Waals surface area contributed by atoms with Gasteiger partial charge in [0.1, 0.15) is 6.04 Å². The van der Waals surface area contributed by atoms with Crippen LogP contribution in [0.2, 0.25) is 0 Å². The van der Waals surface area contributed by atoms with E-state index in [2.05, 4.69) is 0 Å². The molecule has 1 aromatic rings. The van der Waals surface area contributed by atoms with Crippen molar-refractivity contribution in [2.45, 2.75) is 44.6 Å². The van der Waals surface area contributed by atoms with Gasteiger partial charge in [-0.3, -0.25) is 4.79 Å². The predicted molar refractivity (Wildman–Crippen MR) is 76.5 cm³/mol. The van der Waals surface area contributed by atoms with Crippen molar-refractivity contribution in [3.63, 3.8) is 0 Å². The summed E-state index contributed by atoms with van der Waals surface area (Å²) in [5, 5.41) is 9.30. The van der Waals surface area contributed by atoms with E-state index in [9.17, 15) is 14.7 Å². The number of carbonyl (C=O) groups excluding carboxylic acids is 1. The zero-order valence-electron chi connectivity index (χ0n) is 12.0. The lowest BCUT2D eigenvalue weighted by Crippen LogP contribution is -2.53. The minimum atomic E-state index is -0.901. The highest BCUT2D eigenvalue weighted by molar-refractivity contribution is 5.91. The predicted octanol–water partition coefficient (Wildman–Crippen LogP) is 2.43. The van der Waals surface area contributed by atoms with E-state index in [0.717, 1.165) is 18.4 Å². The number of amides is 1. The number of piperidine rings is 1. The summed E-state index contributed by atoms with van der Waals surface area (Å²) in [6, 6.07) is 8.85. The molecule has 1 aliphatic heterocycles. The molecule has 0 unspecified atom stereocenters. The van der Waals surface area contributed by atoms with E-state index in [4.69, 9.17) is 0 Å². The molecule has 1 saturated heterocycles. The SMILES string of the molecule is CC(C)(C(=O)N1CCCC[C@H]1C(=O)O)c1ccccc1. The fourth-order valence-electron chi connectivity index (χ4n) is 2.77. The van der Waals surface area contributed by atoms with Crippen LogP contribution in [0, 0.1) is 0 Å². The summed E-state index contributed by atoms with van der Waals surface area (Å²) in [4.78, 5) is 25.7. The average molecular weight is 275 g/mol. The summed E-state index contributed by atoms with van der Waals surface area (Å²) < 4.78 is 0. The molecule has 0 aliphatic carbocycles. The maximum absolute atomic E-state index is 12.8. The van der Waals surface area contributed by atoms with E-state index in [0.29, 0.717) is 13.0 Å². The van der Waals surface area contributed by atoms with Gasteiger partial charge in [0.05, 0.1) is 5.41 Å². The molecule has 20 heavy (non-hydrogen) atoms.